The third-order valence-corrected chi connectivity index (χ3v) is 5.38. The summed E-state index contributed by atoms with van der Waals surface area (Å²) in [5, 5.41) is 11.1. The van der Waals surface area contributed by atoms with Crippen molar-refractivity contribution in [1.29, 1.82) is 0 Å². The molecule has 0 aromatic carbocycles. The Bertz CT molecular complexity index is 741. The normalized spacial score (nSPS) is 21.2. The lowest BCUT2D eigenvalue weighted by Gasteiger charge is -2.24. The van der Waals surface area contributed by atoms with Crippen molar-refractivity contribution in [3.8, 4) is 0 Å². The van der Waals surface area contributed by atoms with Crippen LogP contribution in [0.1, 0.15) is 38.5 Å². The summed E-state index contributed by atoms with van der Waals surface area (Å²) < 4.78 is 5.52. The van der Waals surface area contributed by atoms with E-state index >= 15 is 0 Å². The van der Waals surface area contributed by atoms with Crippen molar-refractivity contribution >= 4 is 35.3 Å². The second-order valence-electron chi connectivity index (χ2n) is 6.49. The molecule has 1 N–H and O–H groups in total. The van der Waals surface area contributed by atoms with Crippen molar-refractivity contribution in [2.75, 3.05) is 12.8 Å². The van der Waals surface area contributed by atoms with E-state index in [0.717, 1.165) is 30.6 Å². The van der Waals surface area contributed by atoms with Gasteiger partial charge in [0.2, 0.25) is 17.7 Å². The van der Waals surface area contributed by atoms with Crippen LogP contribution in [0.15, 0.2) is 14.6 Å². The highest BCUT2D eigenvalue weighted by Crippen LogP contribution is 2.22. The number of carbonyl (C=O) groups is 3. The average Bonchev–Trinajstić information content (AvgIpc) is 3.27. The van der Waals surface area contributed by atoms with Crippen LogP contribution in [0.2, 0.25) is 0 Å². The van der Waals surface area contributed by atoms with Crippen molar-refractivity contribution in [2.24, 2.45) is 10.9 Å². The summed E-state index contributed by atoms with van der Waals surface area (Å²) in [6, 6.07) is -0.292. The molecule has 1 aromatic heterocycles. The van der Waals surface area contributed by atoms with E-state index in [9.17, 15) is 14.4 Å². The molecule has 0 bridgehead atoms. The molecule has 2 aliphatic rings. The van der Waals surface area contributed by atoms with Gasteiger partial charge in [-0.2, -0.15) is 0 Å². The Hall–Kier alpha value is -2.23. The monoisotopic (exact) mass is 379 g/mol. The summed E-state index contributed by atoms with van der Waals surface area (Å²) in [6.45, 7) is 1.63. The van der Waals surface area contributed by atoms with E-state index in [1.54, 1.807) is 6.92 Å². The van der Waals surface area contributed by atoms with Gasteiger partial charge in [-0.1, -0.05) is 24.6 Å². The number of aliphatic imine (C=N–C) groups is 1. The summed E-state index contributed by atoms with van der Waals surface area (Å²) in [7, 11) is 1.39. The second-order valence-corrected chi connectivity index (χ2v) is 7.42. The van der Waals surface area contributed by atoms with E-state index in [4.69, 9.17) is 4.42 Å². The maximum absolute atomic E-state index is 12.2. The minimum atomic E-state index is -0.596. The lowest BCUT2D eigenvalue weighted by molar-refractivity contribution is -0.129. The molecule has 0 radical (unpaired) electrons. The SMILES string of the molecule is CC1=NC(=O)N(C)C(=O)C1Cc1nnc(SCC(=O)NC2CCCC2)o1. The third-order valence-electron chi connectivity index (χ3n) is 4.57. The number of nitrogens with zero attached hydrogens (tertiary/aromatic N) is 4. The molecule has 1 fully saturated rings. The van der Waals surface area contributed by atoms with E-state index in [0.29, 0.717) is 5.71 Å². The lowest BCUT2D eigenvalue weighted by atomic mass is 9.97. The van der Waals surface area contributed by atoms with Gasteiger partial charge in [-0.05, 0) is 19.8 Å². The minimum absolute atomic E-state index is 0.0489. The Morgan fingerprint density at radius 3 is 2.77 bits per heavy atom. The molecule has 0 saturated heterocycles. The van der Waals surface area contributed by atoms with Gasteiger partial charge in [0.05, 0.1) is 11.7 Å². The van der Waals surface area contributed by atoms with E-state index in [1.807, 2.05) is 0 Å². The highest BCUT2D eigenvalue weighted by molar-refractivity contribution is 7.99. The molecule has 1 saturated carbocycles. The number of amides is 4. The number of carbonyl (C=O) groups excluding carboxylic acids is 3. The molecule has 9 nitrogen and oxygen atoms in total. The fraction of sp³-hybridized carbons (Fsp3) is 0.625. The first-order chi connectivity index (χ1) is 12.4. The Balaban J connectivity index is 1.53. The maximum Gasteiger partial charge on any atom is 0.349 e. The van der Waals surface area contributed by atoms with Crippen molar-refractivity contribution in [1.82, 2.24) is 20.4 Å². The molecule has 1 atom stereocenters. The van der Waals surface area contributed by atoms with Gasteiger partial charge in [0.15, 0.2) is 0 Å². The predicted molar refractivity (Wildman–Crippen MR) is 93.9 cm³/mol. The molecule has 3 rings (SSSR count). The van der Waals surface area contributed by atoms with Crippen LogP contribution in [-0.2, 0) is 16.0 Å². The van der Waals surface area contributed by atoms with Crippen LogP contribution in [0.25, 0.3) is 0 Å². The first kappa shape index (κ1) is 18.6. The van der Waals surface area contributed by atoms with Crippen LogP contribution < -0.4 is 5.32 Å². The first-order valence-corrected chi connectivity index (χ1v) is 9.54. The van der Waals surface area contributed by atoms with E-state index in [1.165, 1.54) is 18.8 Å². The summed E-state index contributed by atoms with van der Waals surface area (Å²) in [5.41, 5.74) is 0.432. The largest absolute Gasteiger partial charge is 0.416 e. The number of hydrogen-bond acceptors (Lipinski definition) is 7. The number of nitrogens with one attached hydrogen (secondary N) is 1. The van der Waals surface area contributed by atoms with Crippen molar-refractivity contribution in [3.63, 3.8) is 0 Å². The minimum Gasteiger partial charge on any atom is -0.416 e. The van der Waals surface area contributed by atoms with Gasteiger partial charge in [0.25, 0.3) is 5.22 Å². The molecule has 0 spiro atoms. The number of aromatic nitrogens is 2. The predicted octanol–water partition coefficient (Wildman–Crippen LogP) is 1.43. The molecule has 1 aromatic rings. The van der Waals surface area contributed by atoms with Gasteiger partial charge in [0.1, 0.15) is 0 Å². The zero-order valence-electron chi connectivity index (χ0n) is 14.7. The van der Waals surface area contributed by atoms with Gasteiger partial charge in [-0.15, -0.1) is 10.2 Å². The topological polar surface area (TPSA) is 118 Å². The molecule has 2 heterocycles. The second kappa shape index (κ2) is 7.98. The number of imide groups is 1. The zero-order chi connectivity index (χ0) is 18.7. The van der Waals surface area contributed by atoms with Gasteiger partial charge in [0, 0.05) is 25.2 Å². The van der Waals surface area contributed by atoms with Crippen LogP contribution in [0, 0.1) is 5.92 Å². The van der Waals surface area contributed by atoms with E-state index in [-0.39, 0.29) is 41.1 Å². The quantitative estimate of drug-likeness (QED) is 0.743. The number of rotatable bonds is 6. The van der Waals surface area contributed by atoms with Crippen LogP contribution in [0.4, 0.5) is 4.79 Å². The van der Waals surface area contributed by atoms with Crippen molar-refractivity contribution < 1.29 is 18.8 Å². The molecule has 10 heteroatoms. The third kappa shape index (κ3) is 4.29. The first-order valence-electron chi connectivity index (χ1n) is 8.55. The molecule has 4 amide bonds. The fourth-order valence-corrected chi connectivity index (χ4v) is 3.66. The number of thioether (sulfide) groups is 1. The Morgan fingerprint density at radius 2 is 2.04 bits per heavy atom. The molecular formula is C16H21N5O4S. The van der Waals surface area contributed by atoms with Gasteiger partial charge < -0.3 is 9.73 Å². The van der Waals surface area contributed by atoms with Gasteiger partial charge >= 0.3 is 6.03 Å². The Morgan fingerprint density at radius 1 is 1.31 bits per heavy atom. The summed E-state index contributed by atoms with van der Waals surface area (Å²) in [6.07, 6.45) is 4.57. The smallest absolute Gasteiger partial charge is 0.349 e. The summed E-state index contributed by atoms with van der Waals surface area (Å²) >= 11 is 1.17. The highest BCUT2D eigenvalue weighted by Gasteiger charge is 2.34. The Labute approximate surface area is 155 Å². The van der Waals surface area contributed by atoms with Gasteiger partial charge in [-0.25, -0.2) is 9.79 Å². The van der Waals surface area contributed by atoms with Crippen molar-refractivity contribution in [3.05, 3.63) is 5.89 Å². The number of hydrogen-bond donors (Lipinski definition) is 1. The average molecular weight is 379 g/mol. The van der Waals surface area contributed by atoms with E-state index in [2.05, 4.69) is 20.5 Å². The standard InChI is InChI=1S/C16H21N5O4S/c1-9-11(14(23)21(2)15(24)17-9)7-13-19-20-16(25-13)26-8-12(22)18-10-5-3-4-6-10/h10-11H,3-8H2,1-2H3,(H,18,22). The van der Waals surface area contributed by atoms with Gasteiger partial charge in [-0.3, -0.25) is 14.5 Å². The zero-order valence-corrected chi connectivity index (χ0v) is 15.5. The van der Waals surface area contributed by atoms with Crippen LogP contribution in [0.3, 0.4) is 0 Å². The molecule has 1 aliphatic carbocycles. The summed E-state index contributed by atoms with van der Waals surface area (Å²) in [4.78, 5) is 40.5. The van der Waals surface area contributed by atoms with Crippen LogP contribution in [0.5, 0.6) is 0 Å². The lowest BCUT2D eigenvalue weighted by Crippen LogP contribution is -2.44. The fourth-order valence-electron chi connectivity index (χ4n) is 3.07. The number of urea groups is 1. The molecule has 26 heavy (non-hydrogen) atoms. The molecule has 140 valence electrons. The van der Waals surface area contributed by atoms with Crippen LogP contribution >= 0.6 is 11.8 Å². The van der Waals surface area contributed by atoms with Crippen molar-refractivity contribution in [2.45, 2.75) is 50.3 Å². The molecular weight excluding hydrogens is 358 g/mol. The molecule has 1 unspecified atom stereocenters. The Kier molecular flexibility index (Phi) is 5.70. The molecule has 1 aliphatic heterocycles. The summed E-state index contributed by atoms with van der Waals surface area (Å²) in [5.74, 6) is -0.503. The van der Waals surface area contributed by atoms with E-state index < -0.39 is 11.9 Å². The maximum atomic E-state index is 12.2. The van der Waals surface area contributed by atoms with Crippen LogP contribution in [-0.4, -0.2) is 57.5 Å². The highest BCUT2D eigenvalue weighted by atomic mass is 32.2.